The van der Waals surface area contributed by atoms with E-state index in [0.717, 1.165) is 0 Å². The first-order valence-electron chi connectivity index (χ1n) is 4.72. The van der Waals surface area contributed by atoms with Gasteiger partial charge in [0, 0.05) is 5.56 Å². The number of aromatic hydroxyl groups is 1. The predicted octanol–water partition coefficient (Wildman–Crippen LogP) is 2.94. The molecule has 0 aliphatic carbocycles. The van der Waals surface area contributed by atoms with Gasteiger partial charge >= 0.3 is 0 Å². The molecule has 2 heteroatoms. The Morgan fingerprint density at radius 3 is 1.77 bits per heavy atom. The average molecular weight is 184 g/mol. The molecular formula is C11H20O2. The fraction of sp³-hybridized carbons (Fsp3) is 0.455. The van der Waals surface area contributed by atoms with E-state index < -0.39 is 0 Å². The lowest BCUT2D eigenvalue weighted by Crippen LogP contribution is -1.80. The minimum atomic E-state index is -0.104. The Hall–Kier alpha value is -1.02. The number of aliphatic hydroxyl groups is 1. The molecule has 13 heavy (non-hydrogen) atoms. The number of phenols is 1. The molecule has 0 saturated heterocycles. The molecule has 1 aromatic carbocycles. The molecule has 0 unspecified atom stereocenters. The highest BCUT2D eigenvalue weighted by molar-refractivity contribution is 5.30. The Kier molecular flexibility index (Phi) is 12.2. The summed E-state index contributed by atoms with van der Waals surface area (Å²) < 4.78 is 0. The summed E-state index contributed by atoms with van der Waals surface area (Å²) in [6.45, 7) is 7.90. The zero-order chi connectivity index (χ0) is 10.7. The third-order valence-corrected chi connectivity index (χ3v) is 1.16. The molecule has 0 amide bonds. The van der Waals surface area contributed by atoms with Gasteiger partial charge in [-0.25, -0.2) is 0 Å². The van der Waals surface area contributed by atoms with Crippen LogP contribution in [0, 0.1) is 0 Å². The zero-order valence-corrected chi connectivity index (χ0v) is 8.91. The second kappa shape index (κ2) is 11.0. The lowest BCUT2D eigenvalue weighted by molar-refractivity contribution is 0.275. The van der Waals surface area contributed by atoms with Crippen molar-refractivity contribution in [3.63, 3.8) is 0 Å². The number of hydrogen-bond acceptors (Lipinski definition) is 2. The second-order valence-corrected chi connectivity index (χ2v) is 1.79. The maximum Gasteiger partial charge on any atom is 0.121 e. The van der Waals surface area contributed by atoms with E-state index in [-0.39, 0.29) is 12.4 Å². The third kappa shape index (κ3) is 6.17. The lowest BCUT2D eigenvalue weighted by atomic mass is 10.2. The molecule has 0 atom stereocenters. The smallest absolute Gasteiger partial charge is 0.121 e. The van der Waals surface area contributed by atoms with Gasteiger partial charge in [-0.05, 0) is 6.07 Å². The Morgan fingerprint density at radius 1 is 1.00 bits per heavy atom. The fourth-order valence-corrected chi connectivity index (χ4v) is 0.645. The molecule has 76 valence electrons. The van der Waals surface area contributed by atoms with Gasteiger partial charge in [0.05, 0.1) is 6.61 Å². The molecule has 0 spiro atoms. The summed E-state index contributed by atoms with van der Waals surface area (Å²) in [5, 5.41) is 17.5. The van der Waals surface area contributed by atoms with Crippen molar-refractivity contribution in [2.75, 3.05) is 0 Å². The van der Waals surface area contributed by atoms with Crippen molar-refractivity contribution in [1.82, 2.24) is 0 Å². The highest BCUT2D eigenvalue weighted by Gasteiger charge is 1.93. The molecule has 1 aromatic rings. The van der Waals surface area contributed by atoms with Gasteiger partial charge in [0.1, 0.15) is 5.75 Å². The standard InChI is InChI=1S/C7H8O2.2C2H6/c8-5-6-3-1-2-4-7(6)9;2*1-2/h1-4,8-9H,5H2;2*1-2H3. The van der Waals surface area contributed by atoms with Crippen molar-refractivity contribution in [2.45, 2.75) is 34.3 Å². The molecule has 0 radical (unpaired) electrons. The largest absolute Gasteiger partial charge is 0.508 e. The number of aliphatic hydroxyl groups excluding tert-OH is 1. The molecule has 2 nitrogen and oxygen atoms in total. The summed E-state index contributed by atoms with van der Waals surface area (Å²) in [7, 11) is 0. The Morgan fingerprint density at radius 2 is 1.46 bits per heavy atom. The minimum Gasteiger partial charge on any atom is -0.508 e. The Balaban J connectivity index is 0. The molecule has 0 heterocycles. The molecular weight excluding hydrogens is 164 g/mol. The van der Waals surface area contributed by atoms with Crippen LogP contribution in [0.5, 0.6) is 5.75 Å². The van der Waals surface area contributed by atoms with Gasteiger partial charge < -0.3 is 10.2 Å². The van der Waals surface area contributed by atoms with Crippen LogP contribution in [0.4, 0.5) is 0 Å². The van der Waals surface area contributed by atoms with Crippen LogP contribution >= 0.6 is 0 Å². The van der Waals surface area contributed by atoms with E-state index in [0.29, 0.717) is 5.56 Å². The molecule has 0 aromatic heterocycles. The number of rotatable bonds is 1. The van der Waals surface area contributed by atoms with E-state index in [1.807, 2.05) is 27.7 Å². The number of para-hydroxylation sites is 1. The molecule has 0 aliphatic heterocycles. The van der Waals surface area contributed by atoms with Crippen LogP contribution in [-0.4, -0.2) is 10.2 Å². The average Bonchev–Trinajstić information content (AvgIpc) is 2.24. The Bertz CT molecular complexity index is 197. The van der Waals surface area contributed by atoms with Gasteiger partial charge in [-0.1, -0.05) is 45.9 Å². The van der Waals surface area contributed by atoms with Gasteiger partial charge in [-0.3, -0.25) is 0 Å². The highest BCUT2D eigenvalue weighted by Crippen LogP contribution is 2.14. The summed E-state index contributed by atoms with van der Waals surface area (Å²) in [5.74, 6) is 0.153. The van der Waals surface area contributed by atoms with E-state index >= 15 is 0 Å². The van der Waals surface area contributed by atoms with Gasteiger partial charge in [-0.15, -0.1) is 0 Å². The van der Waals surface area contributed by atoms with Crippen LogP contribution < -0.4 is 0 Å². The summed E-state index contributed by atoms with van der Waals surface area (Å²) in [6, 6.07) is 6.71. The van der Waals surface area contributed by atoms with Crippen LogP contribution in [0.15, 0.2) is 24.3 Å². The predicted molar refractivity (Wildman–Crippen MR) is 56.7 cm³/mol. The minimum absolute atomic E-state index is 0.104. The van der Waals surface area contributed by atoms with Crippen molar-refractivity contribution in [3.8, 4) is 5.75 Å². The first-order chi connectivity index (χ1) is 6.34. The molecule has 0 fully saturated rings. The third-order valence-electron chi connectivity index (χ3n) is 1.16. The highest BCUT2D eigenvalue weighted by atomic mass is 16.3. The monoisotopic (exact) mass is 184 g/mol. The van der Waals surface area contributed by atoms with E-state index in [2.05, 4.69) is 0 Å². The maximum atomic E-state index is 8.95. The first-order valence-corrected chi connectivity index (χ1v) is 4.72. The van der Waals surface area contributed by atoms with E-state index in [1.165, 1.54) is 0 Å². The summed E-state index contributed by atoms with van der Waals surface area (Å²) >= 11 is 0. The van der Waals surface area contributed by atoms with Crippen LogP contribution in [0.1, 0.15) is 33.3 Å². The van der Waals surface area contributed by atoms with Gasteiger partial charge in [0.25, 0.3) is 0 Å². The second-order valence-electron chi connectivity index (χ2n) is 1.79. The molecule has 2 N–H and O–H groups in total. The SMILES string of the molecule is CC.CC.OCc1ccccc1O. The molecule has 0 saturated carbocycles. The van der Waals surface area contributed by atoms with E-state index in [1.54, 1.807) is 24.3 Å². The normalized spacial score (nSPS) is 7.46. The van der Waals surface area contributed by atoms with Crippen LogP contribution in [-0.2, 0) is 6.61 Å². The summed E-state index contributed by atoms with van der Waals surface area (Å²) in [4.78, 5) is 0. The van der Waals surface area contributed by atoms with Gasteiger partial charge in [-0.2, -0.15) is 0 Å². The first kappa shape index (κ1) is 14.5. The van der Waals surface area contributed by atoms with E-state index in [9.17, 15) is 0 Å². The lowest BCUT2D eigenvalue weighted by Gasteiger charge is -1.96. The van der Waals surface area contributed by atoms with Crippen molar-refractivity contribution in [1.29, 1.82) is 0 Å². The van der Waals surface area contributed by atoms with E-state index in [4.69, 9.17) is 10.2 Å². The topological polar surface area (TPSA) is 40.5 Å². The van der Waals surface area contributed by atoms with Gasteiger partial charge in [0.15, 0.2) is 0 Å². The quantitative estimate of drug-likeness (QED) is 0.704. The van der Waals surface area contributed by atoms with Crippen LogP contribution in [0.3, 0.4) is 0 Å². The summed E-state index contributed by atoms with van der Waals surface area (Å²) in [6.07, 6.45) is 0. The van der Waals surface area contributed by atoms with Crippen molar-refractivity contribution in [3.05, 3.63) is 29.8 Å². The van der Waals surface area contributed by atoms with Crippen molar-refractivity contribution >= 4 is 0 Å². The Labute approximate surface area is 80.9 Å². The van der Waals surface area contributed by atoms with Crippen molar-refractivity contribution < 1.29 is 10.2 Å². The molecule has 1 rings (SSSR count). The zero-order valence-electron chi connectivity index (χ0n) is 8.91. The van der Waals surface area contributed by atoms with Gasteiger partial charge in [0.2, 0.25) is 0 Å². The molecule has 0 aliphatic rings. The summed E-state index contributed by atoms with van der Waals surface area (Å²) in [5.41, 5.74) is 0.567. The van der Waals surface area contributed by atoms with Crippen LogP contribution in [0.25, 0.3) is 0 Å². The maximum absolute atomic E-state index is 8.95. The van der Waals surface area contributed by atoms with Crippen LogP contribution in [0.2, 0.25) is 0 Å². The number of benzene rings is 1. The van der Waals surface area contributed by atoms with Crippen molar-refractivity contribution in [2.24, 2.45) is 0 Å². The molecule has 0 bridgehead atoms. The number of hydrogen-bond donors (Lipinski definition) is 2. The fourth-order valence-electron chi connectivity index (χ4n) is 0.645.